The molecule has 1 saturated carbocycles. The Kier molecular flexibility index (Phi) is 5.58. The number of unbranched alkanes of at least 4 members (excludes halogenated alkanes) is 1. The van der Waals surface area contributed by atoms with Gasteiger partial charge >= 0.3 is 0 Å². The first-order chi connectivity index (χ1) is 12.4. The summed E-state index contributed by atoms with van der Waals surface area (Å²) in [5.41, 5.74) is -0.798. The maximum atomic E-state index is 14.6. The zero-order valence-corrected chi connectivity index (χ0v) is 15.4. The monoisotopic (exact) mass is 364 g/mol. The Morgan fingerprint density at radius 3 is 2.81 bits per heavy atom. The van der Waals surface area contributed by atoms with Gasteiger partial charge in [0.1, 0.15) is 5.75 Å². The molecule has 4 nitrogen and oxygen atoms in total. The quantitative estimate of drug-likeness (QED) is 0.702. The Balaban J connectivity index is 1.67. The van der Waals surface area contributed by atoms with Gasteiger partial charge in [0.2, 0.25) is 0 Å². The number of benzene rings is 1. The summed E-state index contributed by atoms with van der Waals surface area (Å²) in [5, 5.41) is 0. The molecule has 1 fully saturated rings. The first-order valence-electron chi connectivity index (χ1n) is 9.37. The van der Waals surface area contributed by atoms with Crippen molar-refractivity contribution < 1.29 is 13.5 Å². The molecule has 26 heavy (non-hydrogen) atoms. The fraction of sp³-hybridized carbons (Fsp3) is 0.600. The highest BCUT2D eigenvalue weighted by Crippen LogP contribution is 2.36. The van der Waals surface area contributed by atoms with Crippen LogP contribution in [0.15, 0.2) is 23.0 Å². The van der Waals surface area contributed by atoms with E-state index in [-0.39, 0.29) is 6.42 Å². The third-order valence-corrected chi connectivity index (χ3v) is 5.60. The average Bonchev–Trinajstić information content (AvgIpc) is 3.02. The van der Waals surface area contributed by atoms with E-state index in [9.17, 15) is 13.6 Å². The summed E-state index contributed by atoms with van der Waals surface area (Å²) in [5.74, 6) is -1.31. The third-order valence-electron chi connectivity index (χ3n) is 5.60. The van der Waals surface area contributed by atoms with E-state index in [2.05, 4.69) is 16.9 Å². The van der Waals surface area contributed by atoms with Crippen LogP contribution < -0.4 is 10.3 Å². The number of hydrogen-bond donors (Lipinski definition) is 1. The molecule has 0 radical (unpaired) electrons. The number of nitrogens with zero attached hydrogens (tertiary/aromatic N) is 1. The van der Waals surface area contributed by atoms with Crippen LogP contribution in [0.5, 0.6) is 5.75 Å². The van der Waals surface area contributed by atoms with Gasteiger partial charge in [0.25, 0.3) is 11.5 Å². The summed E-state index contributed by atoms with van der Waals surface area (Å²) in [7, 11) is 1.50. The summed E-state index contributed by atoms with van der Waals surface area (Å²) in [6, 6.07) is 4.79. The van der Waals surface area contributed by atoms with E-state index >= 15 is 0 Å². The van der Waals surface area contributed by atoms with Crippen LogP contribution in [-0.2, 0) is 5.92 Å². The van der Waals surface area contributed by atoms with Crippen LogP contribution >= 0.6 is 0 Å². The van der Waals surface area contributed by atoms with Crippen molar-refractivity contribution in [2.45, 2.75) is 57.8 Å². The minimum absolute atomic E-state index is 0.333. The number of H-pyrrole nitrogens is 1. The average molecular weight is 364 g/mol. The molecule has 0 amide bonds. The highest BCUT2D eigenvalue weighted by molar-refractivity contribution is 5.75. The normalized spacial score (nSPS) is 20.6. The van der Waals surface area contributed by atoms with E-state index < -0.39 is 17.2 Å². The molecule has 2 aromatic rings. The molecule has 6 heteroatoms. The number of ether oxygens (including phenoxy) is 1. The summed E-state index contributed by atoms with van der Waals surface area (Å²) >= 11 is 0. The summed E-state index contributed by atoms with van der Waals surface area (Å²) in [4.78, 5) is 18.6. The molecule has 1 aliphatic carbocycles. The molecule has 0 bridgehead atoms. The highest BCUT2D eigenvalue weighted by atomic mass is 19.3. The Morgan fingerprint density at radius 2 is 2.12 bits per heavy atom. The van der Waals surface area contributed by atoms with Crippen molar-refractivity contribution >= 4 is 11.0 Å². The number of rotatable bonds is 7. The topological polar surface area (TPSA) is 55.0 Å². The summed E-state index contributed by atoms with van der Waals surface area (Å²) < 4.78 is 34.2. The van der Waals surface area contributed by atoms with Gasteiger partial charge in [0, 0.05) is 12.5 Å². The lowest BCUT2D eigenvalue weighted by atomic mass is 9.92. The van der Waals surface area contributed by atoms with Crippen LogP contribution in [0.3, 0.4) is 0 Å². The minimum Gasteiger partial charge on any atom is -0.497 e. The van der Waals surface area contributed by atoms with Crippen molar-refractivity contribution in [1.29, 1.82) is 0 Å². The zero-order valence-electron chi connectivity index (χ0n) is 15.4. The van der Waals surface area contributed by atoms with Crippen LogP contribution in [-0.4, -0.2) is 17.1 Å². The van der Waals surface area contributed by atoms with Crippen LogP contribution in [0.4, 0.5) is 8.78 Å². The number of methoxy groups -OCH3 is 1. The second-order valence-corrected chi connectivity index (χ2v) is 7.42. The molecule has 1 aromatic carbocycles. The van der Waals surface area contributed by atoms with Crippen molar-refractivity contribution in [3.63, 3.8) is 0 Å². The van der Waals surface area contributed by atoms with E-state index in [1.165, 1.54) is 26.4 Å². The molecule has 1 aromatic heterocycles. The van der Waals surface area contributed by atoms with Crippen LogP contribution in [0.25, 0.3) is 11.0 Å². The van der Waals surface area contributed by atoms with E-state index in [1.807, 2.05) is 0 Å². The predicted octanol–water partition coefficient (Wildman–Crippen LogP) is 5.02. The van der Waals surface area contributed by atoms with Gasteiger partial charge in [0.05, 0.1) is 18.1 Å². The van der Waals surface area contributed by atoms with Crippen LogP contribution in [0, 0.1) is 11.8 Å². The number of hydrogen-bond acceptors (Lipinski definition) is 3. The van der Waals surface area contributed by atoms with E-state index in [1.54, 1.807) is 18.2 Å². The number of aromatic amines is 1. The first-order valence-corrected chi connectivity index (χ1v) is 9.37. The Bertz CT molecular complexity index is 819. The van der Waals surface area contributed by atoms with Crippen molar-refractivity contribution in [2.24, 2.45) is 11.8 Å². The highest BCUT2D eigenvalue weighted by Gasteiger charge is 2.36. The number of fused-ring (bicyclic) bond motifs is 1. The third kappa shape index (κ3) is 4.05. The lowest BCUT2D eigenvalue weighted by Crippen LogP contribution is -2.27. The molecule has 1 aliphatic rings. The Labute approximate surface area is 152 Å². The number of halogens is 2. The van der Waals surface area contributed by atoms with Gasteiger partial charge in [-0.15, -0.1) is 0 Å². The number of nitrogens with one attached hydrogen (secondary N) is 1. The lowest BCUT2D eigenvalue weighted by molar-refractivity contribution is -0.0216. The smallest absolute Gasteiger partial charge is 0.295 e. The largest absolute Gasteiger partial charge is 0.497 e. The van der Waals surface area contributed by atoms with E-state index in [4.69, 9.17) is 4.74 Å². The summed E-state index contributed by atoms with van der Waals surface area (Å²) in [6.45, 7) is 2.25. The SMILES string of the molecule is COc1ccc2nc(C(F)(F)CCCCC3CCCC3C)c(=O)[nH]c2c1. The maximum Gasteiger partial charge on any atom is 0.295 e. The fourth-order valence-electron chi connectivity index (χ4n) is 3.96. The lowest BCUT2D eigenvalue weighted by Gasteiger charge is -2.17. The fourth-order valence-corrected chi connectivity index (χ4v) is 3.96. The van der Waals surface area contributed by atoms with Gasteiger partial charge < -0.3 is 9.72 Å². The zero-order chi connectivity index (χ0) is 18.7. The van der Waals surface area contributed by atoms with E-state index in [0.29, 0.717) is 35.0 Å². The first kappa shape index (κ1) is 18.8. The maximum absolute atomic E-state index is 14.6. The van der Waals surface area contributed by atoms with Gasteiger partial charge in [-0.1, -0.05) is 39.0 Å². The number of aromatic nitrogens is 2. The predicted molar refractivity (Wildman–Crippen MR) is 97.8 cm³/mol. The molecule has 1 N–H and O–H groups in total. The van der Waals surface area contributed by atoms with Crippen molar-refractivity contribution in [3.05, 3.63) is 34.2 Å². The molecule has 0 aliphatic heterocycles. The molecule has 2 unspecified atom stereocenters. The van der Waals surface area contributed by atoms with Crippen molar-refractivity contribution in [3.8, 4) is 5.75 Å². The molecular formula is C20H26F2N2O2. The van der Waals surface area contributed by atoms with Crippen molar-refractivity contribution in [1.82, 2.24) is 9.97 Å². The minimum atomic E-state index is -3.22. The number of alkyl halides is 2. The molecular weight excluding hydrogens is 338 g/mol. The van der Waals surface area contributed by atoms with Crippen LogP contribution in [0.2, 0.25) is 0 Å². The molecule has 1 heterocycles. The Hall–Kier alpha value is -1.98. The Morgan fingerprint density at radius 1 is 1.31 bits per heavy atom. The van der Waals surface area contributed by atoms with Gasteiger partial charge in [0.15, 0.2) is 5.69 Å². The van der Waals surface area contributed by atoms with Gasteiger partial charge in [-0.05, 0) is 30.4 Å². The second kappa shape index (κ2) is 7.72. The summed E-state index contributed by atoms with van der Waals surface area (Å²) in [6.07, 6.45) is 5.55. The molecule has 3 rings (SSSR count). The molecule has 0 saturated heterocycles. The van der Waals surface area contributed by atoms with Gasteiger partial charge in [-0.2, -0.15) is 8.78 Å². The molecule has 142 valence electrons. The second-order valence-electron chi connectivity index (χ2n) is 7.42. The van der Waals surface area contributed by atoms with Gasteiger partial charge in [-0.3, -0.25) is 4.79 Å². The molecule has 0 spiro atoms. The van der Waals surface area contributed by atoms with E-state index in [0.717, 1.165) is 12.8 Å². The standard InChI is InChI=1S/C20H26F2N2O2/c1-13-6-5-8-14(13)7-3-4-11-20(21,22)18-19(25)24-17-12-15(26-2)9-10-16(17)23-18/h9-10,12-14H,3-8,11H2,1-2H3,(H,24,25). The van der Waals surface area contributed by atoms with Gasteiger partial charge in [-0.25, -0.2) is 4.98 Å². The molecule has 2 atom stereocenters. The van der Waals surface area contributed by atoms with Crippen molar-refractivity contribution in [2.75, 3.05) is 7.11 Å². The van der Waals surface area contributed by atoms with Crippen LogP contribution in [0.1, 0.15) is 57.6 Å².